The third kappa shape index (κ3) is 23.5. The number of carbonyl (C=O) groups excluding carboxylic acids is 3. The van der Waals surface area contributed by atoms with Crippen LogP contribution in [0.5, 0.6) is 0 Å². The molecule has 0 aliphatic carbocycles. The van der Waals surface area contributed by atoms with Crippen molar-refractivity contribution in [3.8, 4) is 11.8 Å². The van der Waals surface area contributed by atoms with Crippen LogP contribution in [-0.2, 0) is 28.6 Å². The average Bonchev–Trinajstić information content (AvgIpc) is 2.88. The van der Waals surface area contributed by atoms with Gasteiger partial charge in [-0.25, -0.2) is 0 Å². The van der Waals surface area contributed by atoms with Gasteiger partial charge < -0.3 is 14.2 Å². The molecule has 0 saturated carbocycles. The van der Waals surface area contributed by atoms with Crippen LogP contribution in [0, 0.1) is 11.8 Å². The minimum atomic E-state index is -0.676. The molecule has 0 spiro atoms. The maximum atomic E-state index is 12.2. The summed E-state index contributed by atoms with van der Waals surface area (Å²) < 4.78 is 16.0. The van der Waals surface area contributed by atoms with Gasteiger partial charge in [-0.2, -0.15) is 0 Å². The van der Waals surface area contributed by atoms with Crippen molar-refractivity contribution < 1.29 is 28.6 Å². The molecule has 1 atom stereocenters. The van der Waals surface area contributed by atoms with Crippen molar-refractivity contribution in [3.05, 3.63) is 71.4 Å². The smallest absolute Gasteiger partial charge is 0.306 e. The van der Waals surface area contributed by atoms with Crippen LogP contribution in [0.15, 0.2) is 71.4 Å². The van der Waals surface area contributed by atoms with Crippen LogP contribution in [0.1, 0.15) is 92.9 Å². The van der Waals surface area contributed by atoms with Crippen LogP contribution in [0.3, 0.4) is 0 Å². The summed E-state index contributed by atoms with van der Waals surface area (Å²) in [5.74, 6) is 4.77. The van der Waals surface area contributed by atoms with Crippen molar-refractivity contribution >= 4 is 17.9 Å². The van der Waals surface area contributed by atoms with E-state index in [9.17, 15) is 14.4 Å². The summed E-state index contributed by atoms with van der Waals surface area (Å²) in [6.07, 6.45) is 23.7. The Labute approximate surface area is 241 Å². The van der Waals surface area contributed by atoms with E-state index in [1.807, 2.05) is 32.9 Å². The lowest BCUT2D eigenvalue weighted by Crippen LogP contribution is -2.23. The number of allylic oxidation sites excluding steroid dienone is 9. The lowest BCUT2D eigenvalue weighted by molar-refractivity contribution is -0.146. The van der Waals surface area contributed by atoms with Crippen LogP contribution in [0.4, 0.5) is 0 Å². The first-order valence-electron chi connectivity index (χ1n) is 14.1. The molecular weight excluding hydrogens is 504 g/mol. The van der Waals surface area contributed by atoms with Gasteiger partial charge in [-0.1, -0.05) is 66.9 Å². The second kappa shape index (κ2) is 24.5. The van der Waals surface area contributed by atoms with E-state index >= 15 is 0 Å². The van der Waals surface area contributed by atoms with Gasteiger partial charge >= 0.3 is 17.9 Å². The first kappa shape index (κ1) is 36.4. The maximum absolute atomic E-state index is 12.2. The fourth-order valence-electron chi connectivity index (χ4n) is 3.24. The van der Waals surface area contributed by atoms with Gasteiger partial charge in [0, 0.05) is 32.3 Å². The molecule has 220 valence electrons. The average molecular weight is 553 g/mol. The number of esters is 3. The molecule has 0 bridgehead atoms. The number of unbranched alkanes of at least 4 members (excludes halogenated alkanes) is 2. The molecule has 0 aromatic rings. The van der Waals surface area contributed by atoms with Crippen LogP contribution in [0.25, 0.3) is 0 Å². The highest BCUT2D eigenvalue weighted by atomic mass is 16.6. The van der Waals surface area contributed by atoms with Gasteiger partial charge in [0.2, 0.25) is 0 Å². The fraction of sp³-hybridized carbons (Fsp3) is 0.500. The van der Waals surface area contributed by atoms with Gasteiger partial charge in [-0.3, -0.25) is 14.4 Å². The molecule has 0 aromatic carbocycles. The normalized spacial score (nSPS) is 12.8. The summed E-state index contributed by atoms with van der Waals surface area (Å²) in [5.41, 5.74) is 2.46. The van der Waals surface area contributed by atoms with E-state index in [0.29, 0.717) is 18.4 Å². The number of carbonyl (C=O) groups is 3. The van der Waals surface area contributed by atoms with Crippen molar-refractivity contribution in [2.75, 3.05) is 13.2 Å². The minimum Gasteiger partial charge on any atom is -0.461 e. The Morgan fingerprint density at radius 2 is 1.48 bits per heavy atom. The standard InChI is InChI=1S/C34H48O6/c1-7-8-9-10-11-12-13-14-15-16-17-18-22-34(37)38-26-25-32(27-39-30(5)35)33(40-31(6)36)24-23-29(4)21-19-20-28(2)3/h8-9,11-12,14-15,20,23,25,33H,7,10,13,16-18,22,24,26-27H2,1-6H3/b9-8+,12-11+,15-14+,29-23+,32-25+. The van der Waals surface area contributed by atoms with Crippen molar-refractivity contribution in [3.63, 3.8) is 0 Å². The van der Waals surface area contributed by atoms with Crippen molar-refractivity contribution in [2.24, 2.45) is 0 Å². The van der Waals surface area contributed by atoms with E-state index in [0.717, 1.165) is 49.7 Å². The van der Waals surface area contributed by atoms with E-state index in [-0.39, 0.29) is 19.2 Å². The van der Waals surface area contributed by atoms with Crippen molar-refractivity contribution in [1.82, 2.24) is 0 Å². The second-order valence-electron chi connectivity index (χ2n) is 9.49. The van der Waals surface area contributed by atoms with Crippen molar-refractivity contribution in [1.29, 1.82) is 0 Å². The number of hydrogen-bond donors (Lipinski definition) is 0. The molecule has 6 heteroatoms. The molecule has 0 radical (unpaired) electrons. The Hall–Kier alpha value is -3.59. The molecule has 0 heterocycles. The zero-order chi connectivity index (χ0) is 30.0. The second-order valence-corrected chi connectivity index (χ2v) is 9.49. The maximum Gasteiger partial charge on any atom is 0.306 e. The van der Waals surface area contributed by atoms with Crippen LogP contribution in [-0.4, -0.2) is 37.2 Å². The molecule has 40 heavy (non-hydrogen) atoms. The Morgan fingerprint density at radius 3 is 2.10 bits per heavy atom. The van der Waals surface area contributed by atoms with Gasteiger partial charge in [-0.05, 0) is 77.0 Å². The third-order valence-corrected chi connectivity index (χ3v) is 5.30. The molecule has 0 rings (SSSR count). The summed E-state index contributed by atoms with van der Waals surface area (Å²) in [4.78, 5) is 35.4. The van der Waals surface area contributed by atoms with Crippen LogP contribution >= 0.6 is 0 Å². The molecule has 0 amide bonds. The Balaban J connectivity index is 4.86. The van der Waals surface area contributed by atoms with Gasteiger partial charge in [0.15, 0.2) is 0 Å². The van der Waals surface area contributed by atoms with Crippen LogP contribution < -0.4 is 0 Å². The molecule has 0 aliphatic rings. The van der Waals surface area contributed by atoms with Crippen LogP contribution in [0.2, 0.25) is 0 Å². The van der Waals surface area contributed by atoms with Gasteiger partial charge in [-0.15, -0.1) is 0 Å². The predicted octanol–water partition coefficient (Wildman–Crippen LogP) is 7.68. The summed E-state index contributed by atoms with van der Waals surface area (Å²) in [7, 11) is 0. The first-order valence-corrected chi connectivity index (χ1v) is 14.1. The summed E-state index contributed by atoms with van der Waals surface area (Å²) >= 11 is 0. The number of hydrogen-bond acceptors (Lipinski definition) is 6. The highest BCUT2D eigenvalue weighted by Crippen LogP contribution is 2.15. The quantitative estimate of drug-likeness (QED) is 0.0571. The minimum absolute atomic E-state index is 0.00402. The lowest BCUT2D eigenvalue weighted by Gasteiger charge is -2.19. The Morgan fingerprint density at radius 1 is 0.800 bits per heavy atom. The van der Waals surface area contributed by atoms with E-state index in [1.165, 1.54) is 13.8 Å². The topological polar surface area (TPSA) is 78.9 Å². The largest absolute Gasteiger partial charge is 0.461 e. The zero-order valence-corrected chi connectivity index (χ0v) is 25.3. The van der Waals surface area contributed by atoms with Crippen molar-refractivity contribution in [2.45, 2.75) is 99.0 Å². The van der Waals surface area contributed by atoms with E-state index in [4.69, 9.17) is 14.2 Å². The third-order valence-electron chi connectivity index (χ3n) is 5.30. The number of ether oxygens (including phenoxy) is 3. The fourth-order valence-corrected chi connectivity index (χ4v) is 3.24. The highest BCUT2D eigenvalue weighted by Gasteiger charge is 2.18. The molecule has 0 saturated heterocycles. The van der Waals surface area contributed by atoms with E-state index in [1.54, 1.807) is 6.08 Å². The predicted molar refractivity (Wildman–Crippen MR) is 162 cm³/mol. The molecular formula is C34H48O6. The Bertz CT molecular complexity index is 1010. The van der Waals surface area contributed by atoms with E-state index in [2.05, 4.69) is 55.2 Å². The molecule has 6 nitrogen and oxygen atoms in total. The molecule has 0 fully saturated rings. The highest BCUT2D eigenvalue weighted by molar-refractivity contribution is 5.69. The lowest BCUT2D eigenvalue weighted by atomic mass is 10.1. The molecule has 0 aromatic heterocycles. The first-order chi connectivity index (χ1) is 19.1. The number of rotatable bonds is 18. The summed E-state index contributed by atoms with van der Waals surface area (Å²) in [5, 5.41) is 0. The molecule has 0 N–H and O–H groups in total. The zero-order valence-electron chi connectivity index (χ0n) is 25.3. The molecule has 1 unspecified atom stereocenters. The monoisotopic (exact) mass is 552 g/mol. The SMILES string of the molecule is CC/C=C/C/C=C/C/C=C/CCCCC(=O)OC/C=C(\COC(C)=O)C(C/C=C(\C)C#CC=C(C)C)OC(C)=O. The van der Waals surface area contributed by atoms with Gasteiger partial charge in [0.25, 0.3) is 0 Å². The van der Waals surface area contributed by atoms with Gasteiger partial charge in [0.05, 0.1) is 0 Å². The Kier molecular flexibility index (Phi) is 22.3. The van der Waals surface area contributed by atoms with Gasteiger partial charge in [0.1, 0.15) is 19.3 Å². The van der Waals surface area contributed by atoms with E-state index < -0.39 is 18.0 Å². The molecule has 0 aliphatic heterocycles. The summed E-state index contributed by atoms with van der Waals surface area (Å²) in [6, 6.07) is 0. The summed E-state index contributed by atoms with van der Waals surface area (Å²) in [6.45, 7) is 10.5.